The number of hydrogen-bond acceptors (Lipinski definition) is 6. The highest BCUT2D eigenvalue weighted by Gasteiger charge is 2.18. The normalized spacial score (nSPS) is 12.2. The highest BCUT2D eigenvalue weighted by molar-refractivity contribution is 7.87. The molecule has 9 heteroatoms. The Bertz CT molecular complexity index is 1500. The molecular formula is C21H17NO6S2. The van der Waals surface area contributed by atoms with Gasteiger partial charge in [-0.05, 0) is 70.1 Å². The molecule has 154 valence electrons. The van der Waals surface area contributed by atoms with Gasteiger partial charge in [0.15, 0.2) is 0 Å². The van der Waals surface area contributed by atoms with Crippen LogP contribution in [0.15, 0.2) is 82.6 Å². The zero-order valence-corrected chi connectivity index (χ0v) is 17.4. The van der Waals surface area contributed by atoms with Crippen LogP contribution in [0.5, 0.6) is 5.75 Å². The molecule has 4 aromatic carbocycles. The summed E-state index contributed by atoms with van der Waals surface area (Å²) in [6.07, 6.45) is 0. The Kier molecular flexibility index (Phi) is 4.89. The van der Waals surface area contributed by atoms with Crippen molar-refractivity contribution in [1.82, 2.24) is 0 Å². The van der Waals surface area contributed by atoms with Gasteiger partial charge in [0.05, 0.1) is 4.90 Å². The average Bonchev–Trinajstić information content (AvgIpc) is 2.71. The first-order chi connectivity index (χ1) is 14.2. The molecule has 0 bridgehead atoms. The molecule has 4 aromatic rings. The Morgan fingerprint density at radius 2 is 1.23 bits per heavy atom. The molecule has 0 aliphatic heterocycles. The minimum atomic E-state index is -4.32. The molecule has 0 aromatic heterocycles. The van der Waals surface area contributed by atoms with E-state index in [-0.39, 0.29) is 15.5 Å². The Morgan fingerprint density at radius 1 is 0.700 bits per heavy atom. The van der Waals surface area contributed by atoms with Crippen LogP contribution in [0.4, 0.5) is 5.69 Å². The third kappa shape index (κ3) is 3.95. The Labute approximate surface area is 173 Å². The van der Waals surface area contributed by atoms with Crippen molar-refractivity contribution in [3.63, 3.8) is 0 Å². The maximum absolute atomic E-state index is 12.7. The first-order valence-corrected chi connectivity index (χ1v) is 11.7. The second-order valence-electron chi connectivity index (χ2n) is 6.66. The van der Waals surface area contributed by atoms with E-state index < -0.39 is 20.2 Å². The first-order valence-electron chi connectivity index (χ1n) is 8.83. The molecule has 0 saturated carbocycles. The van der Waals surface area contributed by atoms with Crippen LogP contribution in [0.25, 0.3) is 21.5 Å². The summed E-state index contributed by atoms with van der Waals surface area (Å²) in [6.45, 7) is 0. The highest BCUT2D eigenvalue weighted by Crippen LogP contribution is 2.28. The number of benzene rings is 4. The van der Waals surface area contributed by atoms with Gasteiger partial charge in [-0.1, -0.05) is 24.3 Å². The molecule has 2 N–H and O–H groups in total. The molecule has 0 heterocycles. The summed E-state index contributed by atoms with van der Waals surface area (Å²) >= 11 is 0. The molecule has 0 fully saturated rings. The van der Waals surface area contributed by atoms with Crippen molar-refractivity contribution in [2.75, 3.05) is 12.4 Å². The van der Waals surface area contributed by atoms with Gasteiger partial charge in [-0.2, -0.15) is 16.8 Å². The number of nitrogens with one attached hydrogen (secondary N) is 1. The lowest BCUT2D eigenvalue weighted by Gasteiger charge is -2.10. The van der Waals surface area contributed by atoms with Crippen LogP contribution in [0.3, 0.4) is 0 Å². The zero-order chi connectivity index (χ0) is 21.5. The van der Waals surface area contributed by atoms with Crippen LogP contribution in [-0.2, 0) is 20.2 Å². The fourth-order valence-electron chi connectivity index (χ4n) is 3.12. The van der Waals surface area contributed by atoms with Gasteiger partial charge in [0, 0.05) is 12.7 Å². The van der Waals surface area contributed by atoms with E-state index in [9.17, 15) is 16.8 Å². The van der Waals surface area contributed by atoms with Crippen LogP contribution >= 0.6 is 0 Å². The van der Waals surface area contributed by atoms with Crippen molar-refractivity contribution in [3.05, 3.63) is 72.8 Å². The van der Waals surface area contributed by atoms with Crippen molar-refractivity contribution < 1.29 is 25.6 Å². The van der Waals surface area contributed by atoms with E-state index in [4.69, 9.17) is 8.74 Å². The Hall–Kier alpha value is -3.14. The largest absolute Gasteiger partial charge is 0.388 e. The number of rotatable bonds is 5. The van der Waals surface area contributed by atoms with Crippen LogP contribution < -0.4 is 9.50 Å². The van der Waals surface area contributed by atoms with Gasteiger partial charge in [-0.3, -0.25) is 4.55 Å². The fraction of sp³-hybridized carbons (Fsp3) is 0.0476. The van der Waals surface area contributed by atoms with Crippen molar-refractivity contribution >= 4 is 47.5 Å². The summed E-state index contributed by atoms with van der Waals surface area (Å²) in [5, 5.41) is 5.76. The van der Waals surface area contributed by atoms with Gasteiger partial charge in [0.25, 0.3) is 10.1 Å². The maximum Gasteiger partial charge on any atom is 0.339 e. The van der Waals surface area contributed by atoms with Gasteiger partial charge in [0.1, 0.15) is 10.6 Å². The van der Waals surface area contributed by atoms with Gasteiger partial charge < -0.3 is 9.50 Å². The van der Waals surface area contributed by atoms with E-state index in [1.807, 2.05) is 18.2 Å². The fourth-order valence-corrected chi connectivity index (χ4v) is 4.60. The molecule has 0 unspecified atom stereocenters. The third-order valence-corrected chi connectivity index (χ3v) is 6.77. The van der Waals surface area contributed by atoms with E-state index in [1.165, 1.54) is 42.5 Å². The molecular weight excluding hydrogens is 426 g/mol. The van der Waals surface area contributed by atoms with E-state index >= 15 is 0 Å². The monoisotopic (exact) mass is 443 g/mol. The van der Waals surface area contributed by atoms with E-state index in [1.54, 1.807) is 19.2 Å². The lowest BCUT2D eigenvalue weighted by molar-refractivity contribution is 0.482. The smallest absolute Gasteiger partial charge is 0.339 e. The summed E-state index contributed by atoms with van der Waals surface area (Å²) in [5.74, 6) is 0.0905. The Morgan fingerprint density at radius 3 is 1.90 bits per heavy atom. The quantitative estimate of drug-likeness (QED) is 0.354. The standard InChI is InChI=1S/C21H17NO6S2/c1-22-18-6-2-16-13-21(9-5-14(16)10-18)30(26,27)28-19-7-3-17-12-20(29(23,24)25)8-4-15(17)11-19/h2-13,22H,1H3,(H,23,24,25). The number of fused-ring (bicyclic) bond motifs is 2. The number of anilines is 1. The molecule has 0 aliphatic rings. The van der Waals surface area contributed by atoms with Crippen molar-refractivity contribution in [3.8, 4) is 5.75 Å². The summed E-state index contributed by atoms with van der Waals surface area (Å²) in [7, 11) is -6.59. The molecule has 0 atom stereocenters. The molecule has 4 rings (SSSR count). The van der Waals surface area contributed by atoms with Crippen LogP contribution in [-0.4, -0.2) is 28.4 Å². The molecule has 0 amide bonds. The highest BCUT2D eigenvalue weighted by atomic mass is 32.2. The van der Waals surface area contributed by atoms with Crippen LogP contribution in [0, 0.1) is 0 Å². The zero-order valence-electron chi connectivity index (χ0n) is 15.7. The summed E-state index contributed by atoms with van der Waals surface area (Å²) in [5.41, 5.74) is 0.919. The minimum Gasteiger partial charge on any atom is -0.388 e. The van der Waals surface area contributed by atoms with Crippen molar-refractivity contribution in [1.29, 1.82) is 0 Å². The summed E-state index contributed by atoms with van der Waals surface area (Å²) in [6, 6.07) is 18.8. The molecule has 7 nitrogen and oxygen atoms in total. The molecule has 0 spiro atoms. The predicted molar refractivity (Wildman–Crippen MR) is 115 cm³/mol. The van der Waals surface area contributed by atoms with Crippen molar-refractivity contribution in [2.45, 2.75) is 9.79 Å². The van der Waals surface area contributed by atoms with E-state index in [0.717, 1.165) is 16.5 Å². The van der Waals surface area contributed by atoms with E-state index in [2.05, 4.69) is 5.32 Å². The lowest BCUT2D eigenvalue weighted by atomic mass is 10.1. The molecule has 0 saturated heterocycles. The Balaban J connectivity index is 1.67. The number of hydrogen-bond donors (Lipinski definition) is 2. The molecule has 0 aliphatic carbocycles. The predicted octanol–water partition coefficient (Wildman–Crippen LogP) is 4.05. The lowest BCUT2D eigenvalue weighted by Crippen LogP contribution is -2.09. The molecule has 0 radical (unpaired) electrons. The van der Waals surface area contributed by atoms with Gasteiger partial charge in [-0.25, -0.2) is 0 Å². The maximum atomic E-state index is 12.7. The second kappa shape index (κ2) is 7.28. The van der Waals surface area contributed by atoms with E-state index in [0.29, 0.717) is 10.8 Å². The summed E-state index contributed by atoms with van der Waals surface area (Å²) in [4.78, 5) is -0.220. The second-order valence-corrected chi connectivity index (χ2v) is 9.62. The minimum absolute atomic E-state index is 0.0222. The summed E-state index contributed by atoms with van der Waals surface area (Å²) < 4.78 is 62.4. The third-order valence-electron chi connectivity index (χ3n) is 4.68. The van der Waals surface area contributed by atoms with Gasteiger partial charge in [-0.15, -0.1) is 0 Å². The average molecular weight is 444 g/mol. The van der Waals surface area contributed by atoms with Crippen LogP contribution in [0.2, 0.25) is 0 Å². The van der Waals surface area contributed by atoms with Gasteiger partial charge in [0.2, 0.25) is 0 Å². The van der Waals surface area contributed by atoms with Crippen molar-refractivity contribution in [2.24, 2.45) is 0 Å². The van der Waals surface area contributed by atoms with Crippen LogP contribution in [0.1, 0.15) is 0 Å². The SMILES string of the molecule is CNc1ccc2cc(S(=O)(=O)Oc3ccc4cc(S(=O)(=O)O)ccc4c3)ccc2c1. The van der Waals surface area contributed by atoms with Gasteiger partial charge >= 0.3 is 10.1 Å². The first kappa shape index (κ1) is 20.1. The molecule has 30 heavy (non-hydrogen) atoms. The topological polar surface area (TPSA) is 110 Å².